The number of ketones is 1. The van der Waals surface area contributed by atoms with E-state index in [2.05, 4.69) is 0 Å². The highest BCUT2D eigenvalue weighted by atomic mass is 32.1. The summed E-state index contributed by atoms with van der Waals surface area (Å²) >= 11 is 5.24. The molecule has 0 saturated heterocycles. The molecule has 1 aliphatic rings. The van der Waals surface area contributed by atoms with E-state index in [0.717, 1.165) is 19.3 Å². The summed E-state index contributed by atoms with van der Waals surface area (Å²) in [5.41, 5.74) is 0.683. The molecule has 1 heterocycles. The molecule has 2 atom stereocenters. The molecule has 0 fully saturated rings. The van der Waals surface area contributed by atoms with Crippen molar-refractivity contribution in [2.75, 3.05) is 13.7 Å². The van der Waals surface area contributed by atoms with E-state index in [0.29, 0.717) is 47.1 Å². The van der Waals surface area contributed by atoms with E-state index in [-0.39, 0.29) is 40.4 Å². The highest BCUT2D eigenvalue weighted by Crippen LogP contribution is 2.33. The molecule has 0 bridgehead atoms. The van der Waals surface area contributed by atoms with Crippen LogP contribution in [0.5, 0.6) is 11.5 Å². The third kappa shape index (κ3) is 7.59. The lowest BCUT2D eigenvalue weighted by atomic mass is 9.88. The molecule has 0 aliphatic heterocycles. The average Bonchev–Trinajstić information content (AvgIpc) is 2.94. The quantitative estimate of drug-likeness (QED) is 0.110. The van der Waals surface area contributed by atoms with Crippen molar-refractivity contribution < 1.29 is 33.7 Å². The summed E-state index contributed by atoms with van der Waals surface area (Å²) in [6.07, 6.45) is 9.91. The fraction of sp³-hybridized carbons (Fsp3) is 0.438. The van der Waals surface area contributed by atoms with Gasteiger partial charge in [-0.25, -0.2) is 4.79 Å². The first-order valence-corrected chi connectivity index (χ1v) is 14.4. The van der Waals surface area contributed by atoms with Crippen LogP contribution in [0.25, 0.3) is 12.2 Å². The number of methoxy groups -OCH3 is 1. The van der Waals surface area contributed by atoms with Gasteiger partial charge in [-0.05, 0) is 44.4 Å². The highest BCUT2D eigenvalue weighted by Gasteiger charge is 2.30. The number of carbonyl (C=O) groups is 2. The number of carbonyl (C=O) groups excluding carboxylic acids is 2. The first-order chi connectivity index (χ1) is 19.6. The summed E-state index contributed by atoms with van der Waals surface area (Å²) in [5, 5.41) is 22.1. The van der Waals surface area contributed by atoms with Crippen LogP contribution in [0, 0.1) is 0 Å². The molecule has 0 spiro atoms. The smallest absolute Gasteiger partial charge is 0.374 e. The number of Topliss-reactive ketones (excluding diaryl/α,β-unsaturated/α-hetero) is 1. The van der Waals surface area contributed by atoms with Crippen molar-refractivity contribution in [2.45, 2.75) is 77.7 Å². The van der Waals surface area contributed by atoms with Crippen molar-refractivity contribution in [3.05, 3.63) is 67.6 Å². The maximum absolute atomic E-state index is 13.7. The van der Waals surface area contributed by atoms with Gasteiger partial charge in [0, 0.05) is 22.8 Å². The zero-order chi connectivity index (χ0) is 30.1. The lowest BCUT2D eigenvalue weighted by Gasteiger charge is -2.21. The first-order valence-electron chi connectivity index (χ1n) is 14.0. The summed E-state index contributed by atoms with van der Waals surface area (Å²) in [5.74, 6) is -1.68. The molecule has 9 heteroatoms. The van der Waals surface area contributed by atoms with Gasteiger partial charge in [-0.1, -0.05) is 63.6 Å². The van der Waals surface area contributed by atoms with Crippen LogP contribution in [-0.4, -0.2) is 46.7 Å². The van der Waals surface area contributed by atoms with Crippen LogP contribution in [0.15, 0.2) is 33.5 Å². The Hall–Kier alpha value is -3.56. The number of fused-ring (bicyclic) bond motifs is 1. The van der Waals surface area contributed by atoms with Crippen molar-refractivity contribution in [1.29, 1.82) is 0 Å². The molecule has 2 aromatic rings. The monoisotopic (exact) mass is 582 g/mol. The molecule has 0 saturated carbocycles. The Labute approximate surface area is 245 Å². The Balaban J connectivity index is 1.94. The number of benzene rings is 1. The van der Waals surface area contributed by atoms with Crippen LogP contribution in [0.2, 0.25) is 0 Å². The lowest BCUT2D eigenvalue weighted by Crippen LogP contribution is -2.45. The molecule has 0 amide bonds. The van der Waals surface area contributed by atoms with Gasteiger partial charge in [0.15, 0.2) is 11.2 Å². The van der Waals surface area contributed by atoms with Gasteiger partial charge in [0.1, 0.15) is 16.9 Å². The van der Waals surface area contributed by atoms with E-state index in [1.807, 2.05) is 13.8 Å². The van der Waals surface area contributed by atoms with E-state index >= 15 is 0 Å². The number of hydrogen-bond donors (Lipinski definition) is 2. The fourth-order valence-electron chi connectivity index (χ4n) is 4.85. The van der Waals surface area contributed by atoms with E-state index in [1.54, 1.807) is 36.4 Å². The van der Waals surface area contributed by atoms with Gasteiger partial charge in [-0.2, -0.15) is 0 Å². The number of phenols is 1. The number of aliphatic hydroxyl groups excluding tert-OH is 1. The van der Waals surface area contributed by atoms with E-state index < -0.39 is 23.4 Å². The van der Waals surface area contributed by atoms with Gasteiger partial charge in [0.25, 0.3) is 0 Å². The number of ether oxygens (including phenoxy) is 2. The van der Waals surface area contributed by atoms with Crippen molar-refractivity contribution >= 4 is 41.0 Å². The molecule has 8 nitrogen and oxygen atoms in total. The molecule has 2 N–H and O–H groups in total. The van der Waals surface area contributed by atoms with Crippen molar-refractivity contribution in [3.8, 4) is 11.5 Å². The normalized spacial score (nSPS) is 14.1. The second-order valence-corrected chi connectivity index (χ2v) is 10.5. The molecule has 0 unspecified atom stereocenters. The van der Waals surface area contributed by atoms with Crippen LogP contribution in [-0.2, 0) is 11.2 Å². The number of phenolic OH excluding ortho intramolecular Hbond substituents is 1. The van der Waals surface area contributed by atoms with Crippen LogP contribution >= 0.6 is 12.2 Å². The third-order valence-corrected chi connectivity index (χ3v) is 7.27. The average molecular weight is 583 g/mol. The zero-order valence-electron chi connectivity index (χ0n) is 24.0. The van der Waals surface area contributed by atoms with Gasteiger partial charge in [0.05, 0.1) is 36.2 Å². The number of aliphatic hydroxyl groups is 1. The molecule has 0 radical (unpaired) electrons. The lowest BCUT2D eigenvalue weighted by molar-refractivity contribution is 0.0553. The Morgan fingerprint density at radius 1 is 1.22 bits per heavy atom. The highest BCUT2D eigenvalue weighted by molar-refractivity contribution is 7.81. The first kappa shape index (κ1) is 32.0. The molecule has 41 heavy (non-hydrogen) atoms. The van der Waals surface area contributed by atoms with Gasteiger partial charge in [0.2, 0.25) is 5.76 Å². The SMILES string of the molecule is CCCC[C@@H](O)[C@@H](/C=C\CCOc1ccc(C(C)=O)c(O)c1CCC)c1c(C(=O)OC)oc2c(c1=O)=CCC(=S)C=2. The van der Waals surface area contributed by atoms with Crippen molar-refractivity contribution in [1.82, 2.24) is 0 Å². The number of aromatic hydroxyl groups is 1. The minimum absolute atomic E-state index is 0.0452. The maximum Gasteiger partial charge on any atom is 0.374 e. The summed E-state index contributed by atoms with van der Waals surface area (Å²) in [6, 6.07) is 3.23. The Morgan fingerprint density at radius 3 is 2.63 bits per heavy atom. The standard InChI is InChI=1S/C32H38O8S/c1-5-7-12-25(34)22(28-30(36)24-14-13-20(41)18-27(24)40-31(28)32(37)38-4)11-8-9-17-39-26-16-15-21(19(3)33)29(35)23(26)10-6-2/h8,11,14-16,18,22,25,34-35H,5-7,9-10,12-13,17H2,1-4H3/b11-8-/t22-,25-/m1/s1. The predicted octanol–water partition coefficient (Wildman–Crippen LogP) is 4.28. The van der Waals surface area contributed by atoms with Gasteiger partial charge in [-0.3, -0.25) is 9.59 Å². The molecule has 3 rings (SSSR count). The summed E-state index contributed by atoms with van der Waals surface area (Å²) in [7, 11) is 1.20. The second kappa shape index (κ2) is 14.9. The number of thiocarbonyl (C=S) groups is 1. The van der Waals surface area contributed by atoms with Crippen LogP contribution in [0.3, 0.4) is 0 Å². The largest absolute Gasteiger partial charge is 0.507 e. The molecule has 1 aliphatic carbocycles. The van der Waals surface area contributed by atoms with Gasteiger partial charge >= 0.3 is 5.97 Å². The second-order valence-electron chi connectivity index (χ2n) is 10.0. The van der Waals surface area contributed by atoms with Gasteiger partial charge < -0.3 is 24.1 Å². The van der Waals surface area contributed by atoms with Crippen LogP contribution in [0.4, 0.5) is 0 Å². The van der Waals surface area contributed by atoms with E-state index in [9.17, 15) is 24.6 Å². The molecule has 1 aromatic carbocycles. The van der Waals surface area contributed by atoms with Gasteiger partial charge in [-0.15, -0.1) is 0 Å². The Bertz CT molecular complexity index is 1500. The number of unbranched alkanes of at least 4 members (excludes halogenated alkanes) is 1. The maximum atomic E-state index is 13.7. The van der Waals surface area contributed by atoms with Crippen molar-refractivity contribution in [3.63, 3.8) is 0 Å². The Kier molecular flexibility index (Phi) is 11.6. The van der Waals surface area contributed by atoms with E-state index in [4.69, 9.17) is 26.1 Å². The Morgan fingerprint density at radius 2 is 1.98 bits per heavy atom. The number of esters is 1. The van der Waals surface area contributed by atoms with Crippen LogP contribution in [0.1, 0.15) is 97.3 Å². The topological polar surface area (TPSA) is 123 Å². The minimum atomic E-state index is -0.947. The molecule has 1 aromatic heterocycles. The molecule has 220 valence electrons. The number of hydrogen-bond acceptors (Lipinski definition) is 9. The zero-order valence-corrected chi connectivity index (χ0v) is 24.8. The molecular weight excluding hydrogens is 544 g/mol. The third-order valence-electron chi connectivity index (χ3n) is 6.99. The van der Waals surface area contributed by atoms with Crippen molar-refractivity contribution in [2.24, 2.45) is 0 Å². The summed E-state index contributed by atoms with van der Waals surface area (Å²) in [4.78, 5) is 38.8. The molecular formula is C32H38O8S. The number of rotatable bonds is 14. The fourth-order valence-corrected chi connectivity index (χ4v) is 5.04. The summed E-state index contributed by atoms with van der Waals surface area (Å²) in [6.45, 7) is 5.62. The predicted molar refractivity (Wildman–Crippen MR) is 161 cm³/mol. The van der Waals surface area contributed by atoms with Crippen LogP contribution < -0.4 is 20.8 Å². The summed E-state index contributed by atoms with van der Waals surface area (Å²) < 4.78 is 16.7. The minimum Gasteiger partial charge on any atom is -0.507 e. The van der Waals surface area contributed by atoms with E-state index in [1.165, 1.54) is 14.0 Å².